The molecular formula is C24H21N5O5S. The summed E-state index contributed by atoms with van der Waals surface area (Å²) in [4.78, 5) is 38.0. The third-order valence-electron chi connectivity index (χ3n) is 5.33. The number of hydrogen-bond donors (Lipinski definition) is 1. The first-order valence-electron chi connectivity index (χ1n) is 10.9. The van der Waals surface area contributed by atoms with Gasteiger partial charge in [0.05, 0.1) is 5.69 Å². The molecule has 0 bridgehead atoms. The van der Waals surface area contributed by atoms with Gasteiger partial charge in [0.2, 0.25) is 0 Å². The number of benzene rings is 2. The molecule has 0 aliphatic carbocycles. The van der Waals surface area contributed by atoms with Crippen molar-refractivity contribution in [3.05, 3.63) is 93.2 Å². The Labute approximate surface area is 203 Å². The molecule has 3 heterocycles. The van der Waals surface area contributed by atoms with E-state index in [1.807, 2.05) is 54.6 Å². The molecule has 0 fully saturated rings. The van der Waals surface area contributed by atoms with E-state index in [0.29, 0.717) is 28.5 Å². The number of carbonyl (C=O) groups excluding carboxylic acids is 1. The minimum absolute atomic E-state index is 0.0573. The Morgan fingerprint density at radius 1 is 1.20 bits per heavy atom. The molecule has 1 atom stereocenters. The predicted molar refractivity (Wildman–Crippen MR) is 129 cm³/mol. The smallest absolute Gasteiger partial charge is 0.460 e. The van der Waals surface area contributed by atoms with E-state index in [0.717, 1.165) is 17.7 Å². The topological polar surface area (TPSA) is 121 Å². The van der Waals surface area contributed by atoms with Gasteiger partial charge in [-0.05, 0) is 24.5 Å². The summed E-state index contributed by atoms with van der Waals surface area (Å²) in [6, 6.07) is 16.9. The van der Waals surface area contributed by atoms with E-state index in [4.69, 9.17) is 14.1 Å². The van der Waals surface area contributed by atoms with Crippen LogP contribution in [0.2, 0.25) is 0 Å². The van der Waals surface area contributed by atoms with Crippen molar-refractivity contribution in [1.29, 1.82) is 0 Å². The molecule has 11 heteroatoms. The molecule has 5 rings (SSSR count). The number of aromatic nitrogens is 3. The van der Waals surface area contributed by atoms with Crippen LogP contribution in [0.1, 0.15) is 29.1 Å². The number of fused-ring (bicyclic) bond motifs is 1. The first-order chi connectivity index (χ1) is 17.1. The van der Waals surface area contributed by atoms with E-state index >= 15 is 0 Å². The molecule has 4 aromatic rings. The Hall–Kier alpha value is -4.25. The largest absolute Gasteiger partial charge is 0.480 e. The van der Waals surface area contributed by atoms with E-state index in [9.17, 15) is 9.59 Å². The number of rotatable bonds is 7. The fraction of sp³-hybridized carbons (Fsp3) is 0.208. The molecule has 0 saturated carbocycles. The van der Waals surface area contributed by atoms with Crippen LogP contribution in [0.5, 0.6) is 5.75 Å². The summed E-state index contributed by atoms with van der Waals surface area (Å²) in [5.41, 5.74) is 2.74. The molecule has 1 N–H and O–H groups in total. The summed E-state index contributed by atoms with van der Waals surface area (Å²) >= 11 is 1.28. The number of ether oxygens (including phenoxy) is 1. The molecule has 2 aromatic carbocycles. The molecular weight excluding hydrogens is 470 g/mol. The summed E-state index contributed by atoms with van der Waals surface area (Å²) < 4.78 is 12.0. The van der Waals surface area contributed by atoms with Crippen molar-refractivity contribution in [3.8, 4) is 5.75 Å². The van der Waals surface area contributed by atoms with Crippen molar-refractivity contribution in [2.24, 2.45) is 12.2 Å². The van der Waals surface area contributed by atoms with Crippen LogP contribution in [-0.4, -0.2) is 32.4 Å². The second-order valence-corrected chi connectivity index (χ2v) is 8.61. The number of aryl methyl sites for hydroxylation is 2. The molecule has 0 radical (unpaired) electrons. The Bertz CT molecular complexity index is 1430. The van der Waals surface area contributed by atoms with Gasteiger partial charge in [-0.15, -0.1) is 11.3 Å². The first-order valence-corrected chi connectivity index (χ1v) is 11.7. The maximum absolute atomic E-state index is 12.7. The molecule has 1 unspecified atom stereocenters. The summed E-state index contributed by atoms with van der Waals surface area (Å²) in [7, 11) is 1.56. The average Bonchev–Trinajstić information content (AvgIpc) is 3.46. The van der Waals surface area contributed by atoms with Crippen molar-refractivity contribution in [2.75, 3.05) is 5.32 Å². The molecule has 1 aliphatic heterocycles. The summed E-state index contributed by atoms with van der Waals surface area (Å²) in [6.45, 7) is 0.0573. The number of hydrogen-bond acceptors (Lipinski definition) is 9. The van der Waals surface area contributed by atoms with Gasteiger partial charge < -0.3 is 14.1 Å². The van der Waals surface area contributed by atoms with E-state index in [1.165, 1.54) is 16.1 Å². The van der Waals surface area contributed by atoms with Crippen molar-refractivity contribution in [3.63, 3.8) is 0 Å². The monoisotopic (exact) mass is 491 g/mol. The quantitative estimate of drug-likeness (QED) is 0.311. The normalized spacial score (nSPS) is 15.2. The Kier molecular flexibility index (Phi) is 6.40. The number of nitrogens with one attached hydrogen (secondary N) is 1. The van der Waals surface area contributed by atoms with E-state index in [1.54, 1.807) is 12.4 Å². The second kappa shape index (κ2) is 9.94. The zero-order valence-electron chi connectivity index (χ0n) is 18.7. The first kappa shape index (κ1) is 22.5. The van der Waals surface area contributed by atoms with Crippen molar-refractivity contribution in [2.45, 2.75) is 25.6 Å². The highest BCUT2D eigenvalue weighted by molar-refractivity contribution is 7.13. The molecule has 10 nitrogen and oxygen atoms in total. The van der Waals surface area contributed by atoms with Crippen LogP contribution in [0.15, 0.2) is 74.5 Å². The van der Waals surface area contributed by atoms with Gasteiger partial charge in [0, 0.05) is 18.0 Å². The lowest BCUT2D eigenvalue weighted by Gasteiger charge is -2.24. The number of nitrogens with zero attached hydrogens (tertiary/aromatic N) is 4. The van der Waals surface area contributed by atoms with Crippen molar-refractivity contribution >= 4 is 28.1 Å². The standard InChI is InChI=1S/C24H21N5O5S/c1-29-21(26-24(31)34-29)20(16-8-3-2-4-9-16)28-32-13-17-14-35-23(25-17)27-22(30)19-12-11-15-7-5-6-10-18(15)33-19/h2-10,14,19H,11-13H2,1H3,(H,25,27,30)/b28-20-. The van der Waals surface area contributed by atoms with E-state index < -0.39 is 11.9 Å². The number of oxime groups is 1. The fourth-order valence-corrected chi connectivity index (χ4v) is 4.34. The van der Waals surface area contributed by atoms with Gasteiger partial charge in [-0.2, -0.15) is 9.72 Å². The highest BCUT2D eigenvalue weighted by Gasteiger charge is 2.26. The lowest BCUT2D eigenvalue weighted by atomic mass is 10.0. The predicted octanol–water partition coefficient (Wildman–Crippen LogP) is 3.13. The highest BCUT2D eigenvalue weighted by atomic mass is 32.1. The molecule has 178 valence electrons. The maximum Gasteiger partial charge on any atom is 0.460 e. The minimum Gasteiger partial charge on any atom is -0.480 e. The lowest BCUT2D eigenvalue weighted by molar-refractivity contribution is -0.123. The minimum atomic E-state index is -0.726. The zero-order valence-corrected chi connectivity index (χ0v) is 19.5. The second-order valence-electron chi connectivity index (χ2n) is 7.76. The average molecular weight is 492 g/mol. The molecule has 0 saturated heterocycles. The third-order valence-corrected chi connectivity index (χ3v) is 6.14. The zero-order chi connectivity index (χ0) is 24.2. The Morgan fingerprint density at radius 2 is 2.00 bits per heavy atom. The molecule has 2 aromatic heterocycles. The number of thiazole rings is 1. The summed E-state index contributed by atoms with van der Waals surface area (Å²) in [6.07, 6.45) is 0.816. The van der Waals surface area contributed by atoms with E-state index in [-0.39, 0.29) is 18.3 Å². The number of amides is 1. The van der Waals surface area contributed by atoms with Crippen LogP contribution in [0.25, 0.3) is 0 Å². The number of anilines is 1. The third kappa shape index (κ3) is 5.14. The molecule has 0 spiro atoms. The van der Waals surface area contributed by atoms with Crippen LogP contribution in [-0.2, 0) is 29.7 Å². The SMILES string of the molecule is Cn1oc(=O)nc1/C(=N\OCc1csc(NC(=O)C2CCc3ccccc3O2)n1)c1ccccc1. The van der Waals surface area contributed by atoms with Gasteiger partial charge in [0.1, 0.15) is 5.75 Å². The van der Waals surface area contributed by atoms with Crippen LogP contribution >= 0.6 is 11.3 Å². The Morgan fingerprint density at radius 3 is 2.80 bits per heavy atom. The van der Waals surface area contributed by atoms with Crippen molar-refractivity contribution in [1.82, 2.24) is 14.7 Å². The Balaban J connectivity index is 1.23. The summed E-state index contributed by atoms with van der Waals surface area (Å²) in [5.74, 6) is 0.0133. The van der Waals surface area contributed by atoms with Crippen LogP contribution in [0.4, 0.5) is 5.13 Å². The van der Waals surface area contributed by atoms with Crippen LogP contribution in [0.3, 0.4) is 0 Å². The molecule has 1 aliphatic rings. The maximum atomic E-state index is 12.7. The highest BCUT2D eigenvalue weighted by Crippen LogP contribution is 2.28. The van der Waals surface area contributed by atoms with Crippen molar-refractivity contribution < 1.29 is 18.9 Å². The van der Waals surface area contributed by atoms with Crippen LogP contribution in [0, 0.1) is 0 Å². The fourth-order valence-electron chi connectivity index (χ4n) is 3.65. The van der Waals surface area contributed by atoms with Gasteiger partial charge in [-0.25, -0.2) is 9.78 Å². The van der Waals surface area contributed by atoms with Gasteiger partial charge in [-0.3, -0.25) is 10.1 Å². The lowest BCUT2D eigenvalue weighted by Crippen LogP contribution is -2.35. The van der Waals surface area contributed by atoms with Crippen LogP contribution < -0.4 is 15.8 Å². The number of para-hydroxylation sites is 1. The van der Waals surface area contributed by atoms with Gasteiger partial charge in [0.25, 0.3) is 5.91 Å². The van der Waals surface area contributed by atoms with Gasteiger partial charge >= 0.3 is 5.76 Å². The molecule has 35 heavy (non-hydrogen) atoms. The van der Waals surface area contributed by atoms with E-state index in [2.05, 4.69) is 20.4 Å². The summed E-state index contributed by atoms with van der Waals surface area (Å²) in [5, 5.41) is 9.23. The van der Waals surface area contributed by atoms with Gasteiger partial charge in [-0.1, -0.05) is 53.7 Å². The number of carbonyl (C=O) groups is 1. The van der Waals surface area contributed by atoms with Gasteiger partial charge in [0.15, 0.2) is 29.4 Å². The molecule has 1 amide bonds.